The SMILES string of the molecule is COc1cc2c(cc1-c1c(C)noc1C)ncc1nc(C(F)(F)c3cccnc3)n(Cc3ccccc3)c12. The third-order valence-corrected chi connectivity index (χ3v) is 6.68. The van der Waals surface area contributed by atoms with E-state index in [1.54, 1.807) is 11.7 Å². The molecule has 0 fully saturated rings. The predicted octanol–water partition coefficient (Wildman–Crippen LogP) is 6.45. The van der Waals surface area contributed by atoms with Gasteiger partial charge in [-0.3, -0.25) is 9.97 Å². The lowest BCUT2D eigenvalue weighted by Gasteiger charge is -2.19. The first kappa shape index (κ1) is 23.7. The van der Waals surface area contributed by atoms with Gasteiger partial charge in [0.15, 0.2) is 5.82 Å². The molecule has 0 aliphatic carbocycles. The lowest BCUT2D eigenvalue weighted by Crippen LogP contribution is -2.22. The van der Waals surface area contributed by atoms with Crippen molar-refractivity contribution in [3.8, 4) is 16.9 Å². The average Bonchev–Trinajstić information content (AvgIpc) is 3.48. The minimum absolute atomic E-state index is 0.190. The molecule has 0 aliphatic rings. The summed E-state index contributed by atoms with van der Waals surface area (Å²) < 4.78 is 44.7. The number of imidazole rings is 1. The largest absolute Gasteiger partial charge is 0.496 e. The van der Waals surface area contributed by atoms with Crippen LogP contribution in [-0.4, -0.2) is 31.8 Å². The molecule has 0 saturated carbocycles. The number of benzene rings is 2. The zero-order valence-corrected chi connectivity index (χ0v) is 20.9. The number of rotatable bonds is 6. The number of halogens is 2. The van der Waals surface area contributed by atoms with E-state index in [-0.39, 0.29) is 17.9 Å². The van der Waals surface area contributed by atoms with Gasteiger partial charge in [-0.05, 0) is 43.7 Å². The molecule has 0 spiro atoms. The summed E-state index contributed by atoms with van der Waals surface area (Å²) in [4.78, 5) is 12.9. The van der Waals surface area contributed by atoms with Gasteiger partial charge in [0.1, 0.15) is 17.0 Å². The molecule has 9 heteroatoms. The van der Waals surface area contributed by atoms with Crippen LogP contribution in [0, 0.1) is 13.8 Å². The van der Waals surface area contributed by atoms with Crippen LogP contribution in [-0.2, 0) is 12.5 Å². The summed E-state index contributed by atoms with van der Waals surface area (Å²) >= 11 is 0. The Balaban J connectivity index is 1.65. The zero-order chi connectivity index (χ0) is 26.4. The van der Waals surface area contributed by atoms with Crippen LogP contribution in [0.15, 0.2) is 77.7 Å². The second-order valence-corrected chi connectivity index (χ2v) is 9.08. The van der Waals surface area contributed by atoms with Crippen molar-refractivity contribution in [2.75, 3.05) is 7.11 Å². The minimum Gasteiger partial charge on any atom is -0.496 e. The van der Waals surface area contributed by atoms with Crippen LogP contribution in [0.25, 0.3) is 33.1 Å². The maximum Gasteiger partial charge on any atom is 0.331 e. The van der Waals surface area contributed by atoms with Crippen molar-refractivity contribution >= 4 is 21.9 Å². The van der Waals surface area contributed by atoms with Gasteiger partial charge in [-0.2, -0.15) is 8.78 Å². The van der Waals surface area contributed by atoms with Gasteiger partial charge in [0.25, 0.3) is 0 Å². The number of aryl methyl sites for hydroxylation is 2. The van der Waals surface area contributed by atoms with E-state index in [2.05, 4.69) is 20.1 Å². The zero-order valence-electron chi connectivity index (χ0n) is 20.9. The van der Waals surface area contributed by atoms with Crippen molar-refractivity contribution in [3.05, 3.63) is 102 Å². The van der Waals surface area contributed by atoms with Crippen LogP contribution in [0.2, 0.25) is 0 Å². The second-order valence-electron chi connectivity index (χ2n) is 9.08. The Morgan fingerprint density at radius 2 is 1.82 bits per heavy atom. The topological polar surface area (TPSA) is 78.9 Å². The highest BCUT2D eigenvalue weighted by atomic mass is 19.3. The quantitative estimate of drug-likeness (QED) is 0.256. The first-order valence-electron chi connectivity index (χ1n) is 12.0. The molecule has 4 aromatic heterocycles. The molecule has 6 rings (SSSR count). The Kier molecular flexibility index (Phi) is 5.63. The first-order chi connectivity index (χ1) is 18.4. The predicted molar refractivity (Wildman–Crippen MR) is 139 cm³/mol. The molecule has 190 valence electrons. The third-order valence-electron chi connectivity index (χ3n) is 6.68. The number of pyridine rings is 2. The summed E-state index contributed by atoms with van der Waals surface area (Å²) in [5.41, 5.74) is 4.43. The van der Waals surface area contributed by atoms with Gasteiger partial charge >= 0.3 is 5.92 Å². The van der Waals surface area contributed by atoms with Crippen LogP contribution >= 0.6 is 0 Å². The number of nitrogens with zero attached hydrogens (tertiary/aromatic N) is 5. The molecule has 0 N–H and O–H groups in total. The van der Waals surface area contributed by atoms with Crippen LogP contribution < -0.4 is 4.74 Å². The molecule has 7 nitrogen and oxygen atoms in total. The van der Waals surface area contributed by atoms with Crippen molar-refractivity contribution in [1.29, 1.82) is 0 Å². The standard InChI is InChI=1S/C29H23F2N5O2/c1-17-26(18(2)38-35-17)22-12-23-21(13-25(22)37-3)27-24(15-33-23)34-28(29(30,31)20-10-7-11-32-14-20)36(27)16-19-8-5-4-6-9-19/h4-15H,16H2,1-3H3. The highest BCUT2D eigenvalue weighted by Gasteiger charge is 2.40. The maximum atomic E-state index is 16.0. The molecule has 38 heavy (non-hydrogen) atoms. The van der Waals surface area contributed by atoms with E-state index < -0.39 is 5.92 Å². The molecule has 0 bridgehead atoms. The number of hydrogen-bond donors (Lipinski definition) is 0. The average molecular weight is 512 g/mol. The number of methoxy groups -OCH3 is 1. The van der Waals surface area contributed by atoms with E-state index in [4.69, 9.17) is 9.26 Å². The van der Waals surface area contributed by atoms with Crippen molar-refractivity contribution in [2.24, 2.45) is 0 Å². The van der Waals surface area contributed by atoms with Gasteiger partial charge in [-0.25, -0.2) is 4.98 Å². The summed E-state index contributed by atoms with van der Waals surface area (Å²) in [6.45, 7) is 3.88. The van der Waals surface area contributed by atoms with Crippen molar-refractivity contribution in [3.63, 3.8) is 0 Å². The van der Waals surface area contributed by atoms with E-state index in [1.807, 2.05) is 56.3 Å². The Hall–Kier alpha value is -4.66. The lowest BCUT2D eigenvalue weighted by molar-refractivity contribution is 0.0295. The van der Waals surface area contributed by atoms with E-state index in [1.165, 1.54) is 30.7 Å². The van der Waals surface area contributed by atoms with Crippen LogP contribution in [0.1, 0.15) is 28.4 Å². The third kappa shape index (κ3) is 3.78. The van der Waals surface area contributed by atoms with E-state index in [0.717, 1.165) is 16.7 Å². The van der Waals surface area contributed by atoms with Gasteiger partial charge < -0.3 is 13.8 Å². The maximum absolute atomic E-state index is 16.0. The monoisotopic (exact) mass is 511 g/mol. The van der Waals surface area contributed by atoms with Gasteiger partial charge in [0, 0.05) is 35.5 Å². The molecule has 0 saturated heterocycles. The van der Waals surface area contributed by atoms with E-state index in [0.29, 0.717) is 39.1 Å². The second kappa shape index (κ2) is 9.02. The number of alkyl halides is 2. The van der Waals surface area contributed by atoms with Gasteiger partial charge in [-0.15, -0.1) is 0 Å². The van der Waals surface area contributed by atoms with Gasteiger partial charge in [-0.1, -0.05) is 35.5 Å². The van der Waals surface area contributed by atoms with Gasteiger partial charge in [0.05, 0.1) is 35.6 Å². The van der Waals surface area contributed by atoms with E-state index >= 15 is 8.78 Å². The molecular formula is C29H23F2N5O2. The fraction of sp³-hybridized carbons (Fsp3) is 0.172. The summed E-state index contributed by atoms with van der Waals surface area (Å²) in [5.74, 6) is -2.58. The molecule has 0 atom stereocenters. The van der Waals surface area contributed by atoms with Gasteiger partial charge in [0.2, 0.25) is 0 Å². The number of ether oxygens (including phenoxy) is 1. The summed E-state index contributed by atoms with van der Waals surface area (Å²) in [6.07, 6.45) is 4.17. The number of fused-ring (bicyclic) bond motifs is 3. The number of aromatic nitrogens is 5. The molecule has 0 unspecified atom stereocenters. The number of hydrogen-bond acceptors (Lipinski definition) is 6. The smallest absolute Gasteiger partial charge is 0.331 e. The molecule has 4 heterocycles. The van der Waals surface area contributed by atoms with Crippen LogP contribution in [0.4, 0.5) is 8.78 Å². The van der Waals surface area contributed by atoms with Crippen LogP contribution in [0.3, 0.4) is 0 Å². The summed E-state index contributed by atoms with van der Waals surface area (Å²) in [5, 5.41) is 4.71. The normalized spacial score (nSPS) is 11.9. The van der Waals surface area contributed by atoms with E-state index in [9.17, 15) is 0 Å². The highest BCUT2D eigenvalue weighted by molar-refractivity contribution is 6.05. The summed E-state index contributed by atoms with van der Waals surface area (Å²) in [7, 11) is 1.57. The van der Waals surface area contributed by atoms with Crippen molar-refractivity contribution in [1.82, 2.24) is 24.7 Å². The molecular weight excluding hydrogens is 488 g/mol. The summed E-state index contributed by atoms with van der Waals surface area (Å²) in [6, 6.07) is 16.0. The first-order valence-corrected chi connectivity index (χ1v) is 12.0. The highest BCUT2D eigenvalue weighted by Crippen LogP contribution is 2.41. The Bertz CT molecular complexity index is 1760. The molecule has 2 aromatic carbocycles. The molecule has 0 radical (unpaired) electrons. The lowest BCUT2D eigenvalue weighted by atomic mass is 10.0. The Morgan fingerprint density at radius 3 is 2.50 bits per heavy atom. The fourth-order valence-electron chi connectivity index (χ4n) is 4.91. The van der Waals surface area contributed by atoms with Crippen molar-refractivity contribution in [2.45, 2.75) is 26.3 Å². The van der Waals surface area contributed by atoms with Crippen molar-refractivity contribution < 1.29 is 18.0 Å². The minimum atomic E-state index is -3.39. The molecule has 0 amide bonds. The van der Waals surface area contributed by atoms with Crippen LogP contribution in [0.5, 0.6) is 5.75 Å². The Labute approximate surface area is 216 Å². The molecule has 6 aromatic rings. The molecule has 0 aliphatic heterocycles. The Morgan fingerprint density at radius 1 is 1.00 bits per heavy atom. The fourth-order valence-corrected chi connectivity index (χ4v) is 4.91.